The molecule has 1 aliphatic heterocycles. The van der Waals surface area contributed by atoms with Crippen molar-refractivity contribution in [2.45, 2.75) is 32.0 Å². The number of piperazine rings is 1. The molecule has 0 amide bonds. The lowest BCUT2D eigenvalue weighted by Gasteiger charge is -2.35. The molecular formula is C11H18F3N3. The zero-order valence-corrected chi connectivity index (χ0v) is 10.0. The minimum absolute atomic E-state index is 0.104. The van der Waals surface area contributed by atoms with Gasteiger partial charge in [0, 0.05) is 32.6 Å². The van der Waals surface area contributed by atoms with Crippen molar-refractivity contribution in [1.29, 1.82) is 5.26 Å². The van der Waals surface area contributed by atoms with Crippen LogP contribution in [0, 0.1) is 11.3 Å². The minimum atomic E-state index is -4.04. The lowest BCUT2D eigenvalue weighted by molar-refractivity contribution is -0.136. The van der Waals surface area contributed by atoms with Crippen LogP contribution in [0.5, 0.6) is 0 Å². The molecule has 0 bridgehead atoms. The Kier molecular flexibility index (Phi) is 5.22. The van der Waals surface area contributed by atoms with Gasteiger partial charge in [0.05, 0.1) is 12.1 Å². The van der Waals surface area contributed by atoms with Crippen LogP contribution in [0.1, 0.15) is 19.8 Å². The third-order valence-corrected chi connectivity index (χ3v) is 3.08. The van der Waals surface area contributed by atoms with E-state index in [2.05, 4.69) is 11.0 Å². The van der Waals surface area contributed by atoms with Crippen molar-refractivity contribution in [3.8, 4) is 6.07 Å². The maximum absolute atomic E-state index is 12.0. The topological polar surface area (TPSA) is 30.3 Å². The molecule has 0 aliphatic carbocycles. The summed E-state index contributed by atoms with van der Waals surface area (Å²) in [6, 6.07) is 2.07. The van der Waals surface area contributed by atoms with Crippen molar-refractivity contribution in [2.75, 3.05) is 32.7 Å². The maximum Gasteiger partial charge on any atom is 0.389 e. The van der Waals surface area contributed by atoms with Gasteiger partial charge in [-0.25, -0.2) is 0 Å². The first-order valence-corrected chi connectivity index (χ1v) is 5.85. The van der Waals surface area contributed by atoms with Crippen molar-refractivity contribution in [3.05, 3.63) is 0 Å². The quantitative estimate of drug-likeness (QED) is 0.762. The second-order valence-corrected chi connectivity index (χ2v) is 4.40. The van der Waals surface area contributed by atoms with Gasteiger partial charge in [0.1, 0.15) is 0 Å². The van der Waals surface area contributed by atoms with E-state index in [0.717, 1.165) is 26.2 Å². The summed E-state index contributed by atoms with van der Waals surface area (Å²) < 4.78 is 35.9. The molecule has 0 aromatic carbocycles. The Morgan fingerprint density at radius 2 is 1.82 bits per heavy atom. The highest BCUT2D eigenvalue weighted by Gasteiger charge is 2.27. The summed E-state index contributed by atoms with van der Waals surface area (Å²) >= 11 is 0. The van der Waals surface area contributed by atoms with E-state index in [0.29, 0.717) is 6.54 Å². The van der Waals surface area contributed by atoms with Gasteiger partial charge in [0.2, 0.25) is 0 Å². The predicted octanol–water partition coefficient (Wildman–Crippen LogP) is 1.86. The van der Waals surface area contributed by atoms with Crippen LogP contribution in [-0.2, 0) is 0 Å². The molecule has 0 spiro atoms. The van der Waals surface area contributed by atoms with E-state index < -0.39 is 12.6 Å². The van der Waals surface area contributed by atoms with Crippen molar-refractivity contribution >= 4 is 0 Å². The second-order valence-electron chi connectivity index (χ2n) is 4.40. The summed E-state index contributed by atoms with van der Waals surface area (Å²) in [6.07, 6.45) is -4.59. The first kappa shape index (κ1) is 14.3. The molecular weight excluding hydrogens is 231 g/mol. The molecule has 1 atom stereocenters. The molecule has 98 valence electrons. The highest BCUT2D eigenvalue weighted by Crippen LogP contribution is 2.21. The molecule has 1 unspecified atom stereocenters. The van der Waals surface area contributed by atoms with Gasteiger partial charge in [0.15, 0.2) is 0 Å². The van der Waals surface area contributed by atoms with Crippen LogP contribution in [0.4, 0.5) is 13.2 Å². The van der Waals surface area contributed by atoms with E-state index in [1.807, 2.05) is 11.8 Å². The smallest absolute Gasteiger partial charge is 0.301 e. The number of nitriles is 1. The Balaban J connectivity index is 2.18. The van der Waals surface area contributed by atoms with Crippen molar-refractivity contribution < 1.29 is 13.2 Å². The van der Waals surface area contributed by atoms with Crippen LogP contribution in [0.3, 0.4) is 0 Å². The second kappa shape index (κ2) is 6.22. The van der Waals surface area contributed by atoms with Gasteiger partial charge < -0.3 is 4.90 Å². The van der Waals surface area contributed by atoms with Gasteiger partial charge in [0.25, 0.3) is 0 Å². The zero-order valence-electron chi connectivity index (χ0n) is 10.0. The summed E-state index contributed by atoms with van der Waals surface area (Å²) in [6.45, 7) is 5.38. The predicted molar refractivity (Wildman–Crippen MR) is 58.4 cm³/mol. The average Bonchev–Trinajstić information content (AvgIpc) is 2.27. The molecule has 1 saturated heterocycles. The van der Waals surface area contributed by atoms with Crippen LogP contribution in [0.25, 0.3) is 0 Å². The third kappa shape index (κ3) is 5.37. The van der Waals surface area contributed by atoms with E-state index in [9.17, 15) is 13.2 Å². The Hall–Kier alpha value is -0.800. The van der Waals surface area contributed by atoms with Crippen LogP contribution >= 0.6 is 0 Å². The zero-order chi connectivity index (χ0) is 12.9. The number of alkyl halides is 3. The molecule has 1 rings (SSSR count). The standard InChI is InChI=1S/C11H18F3N3/c1-10(9-15)17-7-5-16(6-8-17)4-2-3-11(12,13)14/h10H,2-8H2,1H3. The first-order chi connectivity index (χ1) is 7.92. The average molecular weight is 249 g/mol. The minimum Gasteiger partial charge on any atom is -0.301 e. The fraction of sp³-hybridized carbons (Fsp3) is 0.909. The first-order valence-electron chi connectivity index (χ1n) is 5.85. The molecule has 0 aromatic rings. The Morgan fingerprint density at radius 1 is 1.24 bits per heavy atom. The SMILES string of the molecule is CC(C#N)N1CCN(CCCC(F)(F)F)CC1. The summed E-state index contributed by atoms with van der Waals surface area (Å²) in [5.41, 5.74) is 0. The Morgan fingerprint density at radius 3 is 2.29 bits per heavy atom. The van der Waals surface area contributed by atoms with Crippen molar-refractivity contribution in [1.82, 2.24) is 9.80 Å². The van der Waals surface area contributed by atoms with Crippen molar-refractivity contribution in [2.24, 2.45) is 0 Å². The Bertz CT molecular complexity index is 264. The normalized spacial score (nSPS) is 21.1. The molecule has 17 heavy (non-hydrogen) atoms. The molecule has 6 heteroatoms. The lowest BCUT2D eigenvalue weighted by atomic mass is 10.2. The Labute approximate surface area is 99.8 Å². The highest BCUT2D eigenvalue weighted by atomic mass is 19.4. The number of rotatable bonds is 4. The van der Waals surface area contributed by atoms with Crippen LogP contribution < -0.4 is 0 Å². The molecule has 0 aromatic heterocycles. The molecule has 0 N–H and O–H groups in total. The fourth-order valence-corrected chi connectivity index (χ4v) is 1.96. The van der Waals surface area contributed by atoms with Gasteiger partial charge in [-0.1, -0.05) is 0 Å². The van der Waals surface area contributed by atoms with Crippen LogP contribution in [0.2, 0.25) is 0 Å². The number of halogens is 3. The monoisotopic (exact) mass is 249 g/mol. The lowest BCUT2D eigenvalue weighted by Crippen LogP contribution is -2.49. The van der Waals surface area contributed by atoms with Gasteiger partial charge in [-0.15, -0.1) is 0 Å². The number of hydrogen-bond donors (Lipinski definition) is 0. The molecule has 0 saturated carbocycles. The third-order valence-electron chi connectivity index (χ3n) is 3.08. The molecule has 1 aliphatic rings. The molecule has 1 fully saturated rings. The number of hydrogen-bond acceptors (Lipinski definition) is 3. The van der Waals surface area contributed by atoms with Gasteiger partial charge in [-0.2, -0.15) is 18.4 Å². The molecule has 0 radical (unpaired) electrons. The molecule has 3 nitrogen and oxygen atoms in total. The number of nitrogens with zero attached hydrogens (tertiary/aromatic N) is 3. The molecule has 1 heterocycles. The van der Waals surface area contributed by atoms with Gasteiger partial charge in [-0.3, -0.25) is 4.90 Å². The maximum atomic E-state index is 12.0. The summed E-state index contributed by atoms with van der Waals surface area (Å²) in [5, 5.41) is 8.75. The van der Waals surface area contributed by atoms with E-state index >= 15 is 0 Å². The highest BCUT2D eigenvalue weighted by molar-refractivity contribution is 4.90. The van der Waals surface area contributed by atoms with Gasteiger partial charge >= 0.3 is 6.18 Å². The summed E-state index contributed by atoms with van der Waals surface area (Å²) in [5.74, 6) is 0. The van der Waals surface area contributed by atoms with Gasteiger partial charge in [-0.05, 0) is 19.9 Å². The fourth-order valence-electron chi connectivity index (χ4n) is 1.96. The van der Waals surface area contributed by atoms with E-state index in [1.165, 1.54) is 0 Å². The summed E-state index contributed by atoms with van der Waals surface area (Å²) in [4.78, 5) is 4.09. The van der Waals surface area contributed by atoms with E-state index in [-0.39, 0.29) is 12.5 Å². The van der Waals surface area contributed by atoms with E-state index in [4.69, 9.17) is 5.26 Å². The van der Waals surface area contributed by atoms with Crippen molar-refractivity contribution in [3.63, 3.8) is 0 Å². The largest absolute Gasteiger partial charge is 0.389 e. The van der Waals surface area contributed by atoms with Crippen LogP contribution in [-0.4, -0.2) is 54.7 Å². The van der Waals surface area contributed by atoms with E-state index in [1.54, 1.807) is 0 Å². The summed E-state index contributed by atoms with van der Waals surface area (Å²) in [7, 11) is 0. The van der Waals surface area contributed by atoms with Crippen LogP contribution in [0.15, 0.2) is 0 Å².